The largest absolute Gasteiger partial charge is 0.459 e. The SMILES string of the molecule is C=CCOC(=O)COC(=O)c1ccccc1. The molecule has 0 amide bonds. The van der Waals surface area contributed by atoms with Gasteiger partial charge in [-0.2, -0.15) is 0 Å². The summed E-state index contributed by atoms with van der Waals surface area (Å²) in [4.78, 5) is 22.4. The van der Waals surface area contributed by atoms with Crippen LogP contribution in [0.15, 0.2) is 43.0 Å². The van der Waals surface area contributed by atoms with E-state index in [9.17, 15) is 9.59 Å². The minimum absolute atomic E-state index is 0.113. The van der Waals surface area contributed by atoms with Crippen molar-refractivity contribution in [3.05, 3.63) is 48.6 Å². The van der Waals surface area contributed by atoms with Crippen molar-refractivity contribution >= 4 is 11.9 Å². The molecule has 1 aromatic carbocycles. The normalized spacial score (nSPS) is 9.25. The molecule has 0 N–H and O–H groups in total. The van der Waals surface area contributed by atoms with Crippen LogP contribution in [0, 0.1) is 0 Å². The van der Waals surface area contributed by atoms with Gasteiger partial charge in [0.1, 0.15) is 6.61 Å². The molecule has 4 nitrogen and oxygen atoms in total. The van der Waals surface area contributed by atoms with Crippen molar-refractivity contribution in [2.45, 2.75) is 0 Å². The van der Waals surface area contributed by atoms with Crippen molar-refractivity contribution in [1.82, 2.24) is 0 Å². The molecule has 1 rings (SSSR count). The summed E-state index contributed by atoms with van der Waals surface area (Å²) in [5.74, 6) is -1.14. The zero-order valence-electron chi connectivity index (χ0n) is 8.72. The fourth-order valence-electron chi connectivity index (χ4n) is 0.976. The maximum absolute atomic E-state index is 11.4. The van der Waals surface area contributed by atoms with Gasteiger partial charge in [-0.1, -0.05) is 30.9 Å². The van der Waals surface area contributed by atoms with Crippen molar-refractivity contribution in [3.8, 4) is 0 Å². The van der Waals surface area contributed by atoms with E-state index in [0.717, 1.165) is 0 Å². The van der Waals surface area contributed by atoms with Gasteiger partial charge in [0.15, 0.2) is 6.61 Å². The molecule has 0 fully saturated rings. The zero-order chi connectivity index (χ0) is 11.8. The van der Waals surface area contributed by atoms with Crippen LogP contribution in [0.25, 0.3) is 0 Å². The number of carbonyl (C=O) groups excluding carboxylic acids is 2. The Hall–Kier alpha value is -2.10. The third-order valence-corrected chi connectivity index (χ3v) is 1.69. The first-order chi connectivity index (χ1) is 7.74. The van der Waals surface area contributed by atoms with Crippen LogP contribution in [-0.4, -0.2) is 25.2 Å². The Morgan fingerprint density at radius 2 is 1.88 bits per heavy atom. The summed E-state index contributed by atoms with van der Waals surface area (Å²) in [5.41, 5.74) is 0.402. The lowest BCUT2D eigenvalue weighted by atomic mass is 10.2. The topological polar surface area (TPSA) is 52.6 Å². The molecular weight excluding hydrogens is 208 g/mol. The Balaban J connectivity index is 2.36. The van der Waals surface area contributed by atoms with Gasteiger partial charge in [-0.05, 0) is 12.1 Å². The minimum Gasteiger partial charge on any atom is -0.459 e. The summed E-state index contributed by atoms with van der Waals surface area (Å²) in [6.45, 7) is 3.12. The lowest BCUT2D eigenvalue weighted by Gasteiger charge is -2.04. The van der Waals surface area contributed by atoms with Gasteiger partial charge in [0, 0.05) is 0 Å². The highest BCUT2D eigenvalue weighted by atomic mass is 16.6. The Morgan fingerprint density at radius 3 is 2.50 bits per heavy atom. The highest BCUT2D eigenvalue weighted by Gasteiger charge is 2.09. The van der Waals surface area contributed by atoms with E-state index >= 15 is 0 Å². The van der Waals surface area contributed by atoms with Gasteiger partial charge in [0.05, 0.1) is 5.56 Å². The Morgan fingerprint density at radius 1 is 1.19 bits per heavy atom. The summed E-state index contributed by atoms with van der Waals surface area (Å²) in [7, 11) is 0. The number of carbonyl (C=O) groups is 2. The van der Waals surface area contributed by atoms with E-state index in [4.69, 9.17) is 4.74 Å². The second-order valence-electron chi connectivity index (χ2n) is 2.91. The third-order valence-electron chi connectivity index (χ3n) is 1.69. The fourth-order valence-corrected chi connectivity index (χ4v) is 0.976. The number of ether oxygens (including phenoxy) is 2. The van der Waals surface area contributed by atoms with Crippen LogP contribution in [0.3, 0.4) is 0 Å². The van der Waals surface area contributed by atoms with Crippen LogP contribution in [-0.2, 0) is 14.3 Å². The summed E-state index contributed by atoms with van der Waals surface area (Å²) in [6, 6.07) is 8.43. The standard InChI is InChI=1S/C12H12O4/c1-2-8-15-11(13)9-16-12(14)10-6-4-3-5-7-10/h2-7H,1,8-9H2. The molecule has 0 bridgehead atoms. The fraction of sp³-hybridized carbons (Fsp3) is 0.167. The predicted molar refractivity (Wildman–Crippen MR) is 57.9 cm³/mol. The van der Waals surface area contributed by atoms with E-state index in [1.165, 1.54) is 6.08 Å². The first-order valence-electron chi connectivity index (χ1n) is 4.72. The maximum atomic E-state index is 11.4. The molecule has 0 unspecified atom stereocenters. The number of benzene rings is 1. The highest BCUT2D eigenvalue weighted by molar-refractivity contribution is 5.90. The van der Waals surface area contributed by atoms with Crippen LogP contribution >= 0.6 is 0 Å². The Bertz CT molecular complexity index is 370. The predicted octanol–water partition coefficient (Wildman–Crippen LogP) is 1.57. The van der Waals surface area contributed by atoms with E-state index in [2.05, 4.69) is 11.3 Å². The first kappa shape index (κ1) is 12.0. The van der Waals surface area contributed by atoms with Gasteiger partial charge in [-0.25, -0.2) is 9.59 Å². The number of rotatable bonds is 5. The monoisotopic (exact) mass is 220 g/mol. The van der Waals surface area contributed by atoms with Crippen molar-refractivity contribution in [2.24, 2.45) is 0 Å². The lowest BCUT2D eigenvalue weighted by Crippen LogP contribution is -2.16. The van der Waals surface area contributed by atoms with Crippen molar-refractivity contribution in [2.75, 3.05) is 13.2 Å². The Labute approximate surface area is 93.5 Å². The molecule has 0 aromatic heterocycles. The molecule has 4 heteroatoms. The summed E-state index contributed by atoms with van der Waals surface area (Å²) < 4.78 is 9.38. The second-order valence-corrected chi connectivity index (χ2v) is 2.91. The van der Waals surface area contributed by atoms with E-state index in [1.54, 1.807) is 30.3 Å². The molecule has 0 atom stereocenters. The van der Waals surface area contributed by atoms with Gasteiger partial charge in [0.25, 0.3) is 0 Å². The highest BCUT2D eigenvalue weighted by Crippen LogP contribution is 2.00. The van der Waals surface area contributed by atoms with Gasteiger partial charge in [-0.15, -0.1) is 0 Å². The van der Waals surface area contributed by atoms with E-state index in [0.29, 0.717) is 5.56 Å². The van der Waals surface area contributed by atoms with Gasteiger partial charge >= 0.3 is 11.9 Å². The molecule has 16 heavy (non-hydrogen) atoms. The molecular formula is C12H12O4. The van der Waals surface area contributed by atoms with Crippen LogP contribution in [0.2, 0.25) is 0 Å². The quantitative estimate of drug-likeness (QED) is 0.558. The smallest absolute Gasteiger partial charge is 0.344 e. The van der Waals surface area contributed by atoms with Crippen molar-refractivity contribution in [3.63, 3.8) is 0 Å². The lowest BCUT2D eigenvalue weighted by molar-refractivity contribution is -0.145. The molecule has 84 valence electrons. The van der Waals surface area contributed by atoms with Crippen molar-refractivity contribution in [1.29, 1.82) is 0 Å². The average Bonchev–Trinajstić information content (AvgIpc) is 2.34. The molecule has 0 saturated heterocycles. The minimum atomic E-state index is -0.593. The number of hydrogen-bond acceptors (Lipinski definition) is 4. The summed E-state index contributed by atoms with van der Waals surface area (Å²) in [5, 5.41) is 0. The van der Waals surface area contributed by atoms with E-state index < -0.39 is 11.9 Å². The van der Waals surface area contributed by atoms with E-state index in [1.807, 2.05) is 0 Å². The maximum Gasteiger partial charge on any atom is 0.344 e. The van der Waals surface area contributed by atoms with Gasteiger partial charge in [0.2, 0.25) is 0 Å². The summed E-state index contributed by atoms with van der Waals surface area (Å²) in [6.07, 6.45) is 1.44. The molecule has 0 aliphatic carbocycles. The third kappa shape index (κ3) is 3.96. The molecule has 1 aromatic rings. The molecule has 0 aliphatic heterocycles. The van der Waals surface area contributed by atoms with Gasteiger partial charge in [-0.3, -0.25) is 0 Å². The van der Waals surface area contributed by atoms with Crippen LogP contribution < -0.4 is 0 Å². The van der Waals surface area contributed by atoms with E-state index in [-0.39, 0.29) is 13.2 Å². The molecule has 0 radical (unpaired) electrons. The van der Waals surface area contributed by atoms with Crippen LogP contribution in [0.5, 0.6) is 0 Å². The van der Waals surface area contributed by atoms with Crippen LogP contribution in [0.1, 0.15) is 10.4 Å². The number of esters is 2. The number of hydrogen-bond donors (Lipinski definition) is 0. The molecule has 0 heterocycles. The van der Waals surface area contributed by atoms with Gasteiger partial charge < -0.3 is 9.47 Å². The first-order valence-corrected chi connectivity index (χ1v) is 4.72. The molecule has 0 saturated carbocycles. The van der Waals surface area contributed by atoms with Crippen molar-refractivity contribution < 1.29 is 19.1 Å². The molecule has 0 aliphatic rings. The zero-order valence-corrected chi connectivity index (χ0v) is 8.72. The molecule has 0 spiro atoms. The van der Waals surface area contributed by atoms with Crippen LogP contribution in [0.4, 0.5) is 0 Å². The second kappa shape index (κ2) is 6.40. The summed E-state index contributed by atoms with van der Waals surface area (Å²) >= 11 is 0. The average molecular weight is 220 g/mol. The Kier molecular flexibility index (Phi) is 4.79.